The lowest BCUT2D eigenvalue weighted by molar-refractivity contribution is -0.181. The van der Waals surface area contributed by atoms with Gasteiger partial charge < -0.3 is 19.1 Å². The van der Waals surface area contributed by atoms with E-state index < -0.39 is 11.7 Å². The molecule has 6 nitrogen and oxygen atoms in total. The van der Waals surface area contributed by atoms with Crippen LogP contribution < -0.4 is 0 Å². The van der Waals surface area contributed by atoms with Gasteiger partial charge in [-0.25, -0.2) is 4.98 Å². The quantitative estimate of drug-likeness (QED) is 0.816. The van der Waals surface area contributed by atoms with Crippen molar-refractivity contribution in [2.24, 2.45) is 5.92 Å². The second-order valence-electron chi connectivity index (χ2n) is 7.76. The number of ether oxygens (including phenoxy) is 1. The van der Waals surface area contributed by atoms with Crippen LogP contribution in [0.1, 0.15) is 45.4 Å². The Hall–Kier alpha value is -1.40. The summed E-state index contributed by atoms with van der Waals surface area (Å²) in [5.41, 5.74) is -0.394. The van der Waals surface area contributed by atoms with Gasteiger partial charge in [0.25, 0.3) is 5.91 Å². The first-order valence-electron chi connectivity index (χ1n) is 9.85. The molecule has 0 bridgehead atoms. The summed E-state index contributed by atoms with van der Waals surface area (Å²) in [6, 6.07) is 0. The van der Waals surface area contributed by atoms with Gasteiger partial charge in [0.15, 0.2) is 6.10 Å². The summed E-state index contributed by atoms with van der Waals surface area (Å²) in [4.78, 5) is 21.9. The number of amides is 1. The third kappa shape index (κ3) is 3.22. The molecule has 25 heavy (non-hydrogen) atoms. The van der Waals surface area contributed by atoms with Crippen molar-refractivity contribution in [3.63, 3.8) is 0 Å². The molecule has 1 atom stereocenters. The Morgan fingerprint density at radius 1 is 1.32 bits per heavy atom. The first-order valence-corrected chi connectivity index (χ1v) is 9.85. The van der Waals surface area contributed by atoms with Gasteiger partial charge in [0, 0.05) is 45.1 Å². The lowest BCUT2D eigenvalue weighted by atomic mass is 9.88. The van der Waals surface area contributed by atoms with E-state index >= 15 is 0 Å². The molecule has 1 aliphatic carbocycles. The molecular formula is C19H30N4O2. The smallest absolute Gasteiger partial charge is 0.253 e. The van der Waals surface area contributed by atoms with Gasteiger partial charge in [0.05, 0.1) is 6.54 Å². The maximum absolute atomic E-state index is 12.9. The number of rotatable bonds is 5. The highest BCUT2D eigenvalue weighted by molar-refractivity contribution is 5.81. The van der Waals surface area contributed by atoms with Crippen LogP contribution >= 0.6 is 0 Å². The molecule has 4 rings (SSSR count). The third-order valence-corrected chi connectivity index (χ3v) is 6.08. The molecule has 1 aromatic rings. The van der Waals surface area contributed by atoms with E-state index in [9.17, 15) is 4.79 Å². The molecular weight excluding hydrogens is 316 g/mol. The summed E-state index contributed by atoms with van der Waals surface area (Å²) in [6.07, 6.45) is 8.10. The predicted molar refractivity (Wildman–Crippen MR) is 95.1 cm³/mol. The Kier molecular flexibility index (Phi) is 4.58. The number of aromatic nitrogens is 2. The van der Waals surface area contributed by atoms with Crippen molar-refractivity contribution in [1.29, 1.82) is 0 Å². The van der Waals surface area contributed by atoms with Crippen molar-refractivity contribution in [2.75, 3.05) is 32.7 Å². The van der Waals surface area contributed by atoms with Crippen molar-refractivity contribution in [2.45, 2.75) is 57.8 Å². The summed E-state index contributed by atoms with van der Waals surface area (Å²) in [6.45, 7) is 9.40. The van der Waals surface area contributed by atoms with E-state index in [1.54, 1.807) is 0 Å². The predicted octanol–water partition coefficient (Wildman–Crippen LogP) is 1.85. The molecule has 1 amide bonds. The Morgan fingerprint density at radius 3 is 2.68 bits per heavy atom. The SMILES string of the molecule is CCN(CC)C(=O)[C@H]1Cn2ccnc2C2(CCN(CC3CC3)CC2)O1. The first kappa shape index (κ1) is 17.0. The van der Waals surface area contributed by atoms with E-state index in [1.807, 2.05) is 31.1 Å². The number of carbonyl (C=O) groups is 1. The van der Waals surface area contributed by atoms with E-state index in [0.29, 0.717) is 6.54 Å². The monoisotopic (exact) mass is 346 g/mol. The Bertz CT molecular complexity index is 613. The van der Waals surface area contributed by atoms with Crippen LogP contribution in [0.3, 0.4) is 0 Å². The minimum atomic E-state index is -0.394. The molecule has 0 unspecified atom stereocenters. The normalized spacial score (nSPS) is 25.8. The molecule has 138 valence electrons. The molecule has 3 heterocycles. The van der Waals surface area contributed by atoms with Gasteiger partial charge in [-0.1, -0.05) is 0 Å². The number of nitrogens with zero attached hydrogens (tertiary/aromatic N) is 4. The number of carbonyl (C=O) groups excluding carboxylic acids is 1. The minimum Gasteiger partial charge on any atom is -0.352 e. The van der Waals surface area contributed by atoms with Crippen LogP contribution in [0.4, 0.5) is 0 Å². The highest BCUT2D eigenvalue weighted by Gasteiger charge is 2.47. The fraction of sp³-hybridized carbons (Fsp3) is 0.789. The molecule has 1 saturated heterocycles. The van der Waals surface area contributed by atoms with Crippen molar-refractivity contribution in [3.05, 3.63) is 18.2 Å². The van der Waals surface area contributed by atoms with Crippen LogP contribution in [0.2, 0.25) is 0 Å². The fourth-order valence-electron chi connectivity index (χ4n) is 4.37. The number of likely N-dealkylation sites (tertiary alicyclic amines) is 1. The van der Waals surface area contributed by atoms with Crippen LogP contribution in [0.5, 0.6) is 0 Å². The highest BCUT2D eigenvalue weighted by atomic mass is 16.5. The zero-order valence-corrected chi connectivity index (χ0v) is 15.5. The van der Waals surface area contributed by atoms with E-state index in [2.05, 4.69) is 14.5 Å². The molecule has 3 aliphatic rings. The first-order chi connectivity index (χ1) is 12.1. The van der Waals surface area contributed by atoms with E-state index in [0.717, 1.165) is 50.8 Å². The van der Waals surface area contributed by atoms with Crippen molar-refractivity contribution in [1.82, 2.24) is 19.4 Å². The summed E-state index contributed by atoms with van der Waals surface area (Å²) in [5, 5.41) is 0. The maximum atomic E-state index is 12.9. The van der Waals surface area contributed by atoms with Gasteiger partial charge in [-0.2, -0.15) is 0 Å². The average molecular weight is 346 g/mol. The fourth-order valence-corrected chi connectivity index (χ4v) is 4.37. The van der Waals surface area contributed by atoms with Gasteiger partial charge in [-0.3, -0.25) is 4.79 Å². The molecule has 6 heteroatoms. The number of likely N-dealkylation sites (N-methyl/N-ethyl adjacent to an activating group) is 1. The van der Waals surface area contributed by atoms with Crippen LogP contribution in [-0.4, -0.2) is 64.1 Å². The third-order valence-electron chi connectivity index (χ3n) is 6.08. The van der Waals surface area contributed by atoms with E-state index in [-0.39, 0.29) is 5.91 Å². The lowest BCUT2D eigenvalue weighted by Gasteiger charge is -2.46. The molecule has 0 N–H and O–H groups in total. The molecule has 1 spiro atoms. The number of fused-ring (bicyclic) bond motifs is 2. The van der Waals surface area contributed by atoms with Gasteiger partial charge in [0.1, 0.15) is 11.4 Å². The highest BCUT2D eigenvalue weighted by Crippen LogP contribution is 2.41. The van der Waals surface area contributed by atoms with Crippen molar-refractivity contribution >= 4 is 5.91 Å². The second kappa shape index (κ2) is 6.72. The average Bonchev–Trinajstić information content (AvgIpc) is 3.31. The number of hydrogen-bond acceptors (Lipinski definition) is 4. The standard InChI is InChI=1S/C19H30N4O2/c1-3-22(4-2)17(24)16-14-23-12-9-20-18(23)19(25-16)7-10-21(11-8-19)13-15-5-6-15/h9,12,15-16H,3-8,10-11,13-14H2,1-2H3/t16-/m1/s1. The summed E-state index contributed by atoms with van der Waals surface area (Å²) < 4.78 is 8.66. The Morgan fingerprint density at radius 2 is 2.04 bits per heavy atom. The minimum absolute atomic E-state index is 0.115. The van der Waals surface area contributed by atoms with Gasteiger partial charge in [0.2, 0.25) is 0 Å². The zero-order valence-electron chi connectivity index (χ0n) is 15.5. The van der Waals surface area contributed by atoms with E-state index in [1.165, 1.54) is 19.4 Å². The number of piperidine rings is 1. The summed E-state index contributed by atoms with van der Waals surface area (Å²) in [5.74, 6) is 2.05. The Labute approximate surface area is 150 Å². The van der Waals surface area contributed by atoms with Crippen LogP contribution in [0.25, 0.3) is 0 Å². The zero-order chi connectivity index (χ0) is 17.4. The largest absolute Gasteiger partial charge is 0.352 e. The summed E-state index contributed by atoms with van der Waals surface area (Å²) >= 11 is 0. The molecule has 1 aromatic heterocycles. The van der Waals surface area contributed by atoms with Gasteiger partial charge in [-0.05, 0) is 45.4 Å². The van der Waals surface area contributed by atoms with Crippen molar-refractivity contribution < 1.29 is 9.53 Å². The van der Waals surface area contributed by atoms with Crippen LogP contribution in [0, 0.1) is 5.92 Å². The molecule has 1 saturated carbocycles. The molecule has 0 radical (unpaired) electrons. The van der Waals surface area contributed by atoms with Gasteiger partial charge >= 0.3 is 0 Å². The molecule has 2 fully saturated rings. The Balaban J connectivity index is 1.52. The molecule has 0 aromatic carbocycles. The second-order valence-corrected chi connectivity index (χ2v) is 7.76. The lowest BCUT2D eigenvalue weighted by Crippen LogP contribution is -2.54. The van der Waals surface area contributed by atoms with Crippen LogP contribution in [-0.2, 0) is 21.7 Å². The van der Waals surface area contributed by atoms with Gasteiger partial charge in [-0.15, -0.1) is 0 Å². The molecule has 2 aliphatic heterocycles. The maximum Gasteiger partial charge on any atom is 0.253 e. The topological polar surface area (TPSA) is 50.6 Å². The van der Waals surface area contributed by atoms with E-state index in [4.69, 9.17) is 4.74 Å². The number of hydrogen-bond donors (Lipinski definition) is 0. The summed E-state index contributed by atoms with van der Waals surface area (Å²) in [7, 11) is 0. The number of imidazole rings is 1. The van der Waals surface area contributed by atoms with Crippen molar-refractivity contribution in [3.8, 4) is 0 Å². The van der Waals surface area contributed by atoms with Crippen LogP contribution in [0.15, 0.2) is 12.4 Å².